The standard InChI is InChI=1S/C16H18F4N4S2.HI/c1-21-15(23-8-9-25-12-5-3-2-4-11(12)17)22-7-6-14-24-13(10-26-14)16(18,19)20;/h2-5,10H,6-9H2,1H3,(H2,21,22,23);1H. The summed E-state index contributed by atoms with van der Waals surface area (Å²) in [6, 6.07) is 6.56. The number of benzene rings is 1. The van der Waals surface area contributed by atoms with E-state index in [0.717, 1.165) is 16.7 Å². The van der Waals surface area contributed by atoms with Gasteiger partial charge in [-0.3, -0.25) is 4.99 Å². The summed E-state index contributed by atoms with van der Waals surface area (Å²) in [5.74, 6) is 0.927. The first kappa shape index (κ1) is 24.0. The Morgan fingerprint density at radius 3 is 2.56 bits per heavy atom. The van der Waals surface area contributed by atoms with Crippen molar-refractivity contribution in [3.05, 3.63) is 46.2 Å². The summed E-state index contributed by atoms with van der Waals surface area (Å²) in [7, 11) is 1.60. The Morgan fingerprint density at radius 2 is 1.93 bits per heavy atom. The highest BCUT2D eigenvalue weighted by Gasteiger charge is 2.33. The molecule has 0 spiro atoms. The smallest absolute Gasteiger partial charge is 0.356 e. The Hall–Kier alpha value is -1.08. The number of aliphatic imine (C=N–C) groups is 1. The van der Waals surface area contributed by atoms with Gasteiger partial charge in [0.05, 0.1) is 5.01 Å². The van der Waals surface area contributed by atoms with Crippen LogP contribution in [0.2, 0.25) is 0 Å². The second-order valence-electron chi connectivity index (χ2n) is 5.08. The fourth-order valence-electron chi connectivity index (χ4n) is 1.96. The molecule has 0 bridgehead atoms. The molecule has 0 aliphatic carbocycles. The van der Waals surface area contributed by atoms with Crippen LogP contribution >= 0.6 is 47.1 Å². The predicted octanol–water partition coefficient (Wildman–Crippen LogP) is 4.42. The minimum atomic E-state index is -4.41. The summed E-state index contributed by atoms with van der Waals surface area (Å²) in [6.45, 7) is 0.971. The molecule has 0 aliphatic heterocycles. The molecule has 0 aliphatic rings. The number of guanidine groups is 1. The lowest BCUT2D eigenvalue weighted by atomic mass is 10.3. The van der Waals surface area contributed by atoms with Gasteiger partial charge in [-0.05, 0) is 12.1 Å². The third-order valence-corrected chi connectivity index (χ3v) is 5.14. The number of nitrogens with zero attached hydrogens (tertiary/aromatic N) is 2. The lowest BCUT2D eigenvalue weighted by molar-refractivity contribution is -0.140. The van der Waals surface area contributed by atoms with E-state index in [1.807, 2.05) is 0 Å². The molecule has 0 fully saturated rings. The predicted molar refractivity (Wildman–Crippen MR) is 113 cm³/mol. The van der Waals surface area contributed by atoms with E-state index < -0.39 is 11.9 Å². The third-order valence-electron chi connectivity index (χ3n) is 3.19. The van der Waals surface area contributed by atoms with Crippen molar-refractivity contribution in [2.75, 3.05) is 25.9 Å². The molecule has 2 N–H and O–H groups in total. The zero-order valence-electron chi connectivity index (χ0n) is 14.3. The summed E-state index contributed by atoms with van der Waals surface area (Å²) in [5, 5.41) is 7.52. The fourth-order valence-corrected chi connectivity index (χ4v) is 3.57. The molecule has 1 aromatic carbocycles. The van der Waals surface area contributed by atoms with Crippen LogP contribution in [-0.4, -0.2) is 36.8 Å². The quantitative estimate of drug-likeness (QED) is 0.138. The maximum absolute atomic E-state index is 13.5. The number of halogens is 5. The molecule has 2 rings (SSSR count). The van der Waals surface area contributed by atoms with Gasteiger partial charge in [0.25, 0.3) is 0 Å². The van der Waals surface area contributed by atoms with E-state index in [-0.39, 0.29) is 29.8 Å². The molecule has 11 heteroatoms. The van der Waals surface area contributed by atoms with Gasteiger partial charge in [-0.15, -0.1) is 47.1 Å². The molecule has 0 unspecified atom stereocenters. The van der Waals surface area contributed by atoms with E-state index in [1.54, 1.807) is 25.2 Å². The second-order valence-corrected chi connectivity index (χ2v) is 7.16. The van der Waals surface area contributed by atoms with Crippen LogP contribution in [0.5, 0.6) is 0 Å². The number of hydrogen-bond acceptors (Lipinski definition) is 4. The summed E-state index contributed by atoms with van der Waals surface area (Å²) >= 11 is 2.38. The van der Waals surface area contributed by atoms with E-state index in [2.05, 4.69) is 20.6 Å². The highest BCUT2D eigenvalue weighted by molar-refractivity contribution is 14.0. The molecule has 150 valence electrons. The number of rotatable bonds is 7. The SMILES string of the molecule is CN=C(NCCSc1ccccc1F)NCCc1nc(C(F)(F)F)cs1.I. The molecule has 1 heterocycles. The zero-order valence-corrected chi connectivity index (χ0v) is 18.3. The first-order chi connectivity index (χ1) is 12.4. The molecule has 0 saturated heterocycles. The maximum atomic E-state index is 13.5. The van der Waals surface area contributed by atoms with Gasteiger partial charge in [0, 0.05) is 42.6 Å². The topological polar surface area (TPSA) is 49.3 Å². The highest BCUT2D eigenvalue weighted by Crippen LogP contribution is 2.30. The first-order valence-corrected chi connectivity index (χ1v) is 9.60. The minimum Gasteiger partial charge on any atom is -0.356 e. The Balaban J connectivity index is 0.00000364. The molecule has 0 amide bonds. The normalized spacial score (nSPS) is 11.8. The molecule has 0 radical (unpaired) electrons. The average molecular weight is 534 g/mol. The van der Waals surface area contributed by atoms with Crippen molar-refractivity contribution in [1.29, 1.82) is 0 Å². The zero-order chi connectivity index (χ0) is 19.0. The number of aromatic nitrogens is 1. The molecular weight excluding hydrogens is 515 g/mol. The molecule has 4 nitrogen and oxygen atoms in total. The van der Waals surface area contributed by atoms with Crippen molar-refractivity contribution in [1.82, 2.24) is 15.6 Å². The number of hydrogen-bond donors (Lipinski definition) is 2. The molecule has 1 aromatic heterocycles. The largest absolute Gasteiger partial charge is 0.434 e. The third kappa shape index (κ3) is 8.21. The molecule has 0 atom stereocenters. The number of alkyl halides is 3. The van der Waals surface area contributed by atoms with Gasteiger partial charge in [-0.2, -0.15) is 13.2 Å². The van der Waals surface area contributed by atoms with Crippen molar-refractivity contribution in [2.45, 2.75) is 17.5 Å². The van der Waals surface area contributed by atoms with Gasteiger partial charge >= 0.3 is 6.18 Å². The van der Waals surface area contributed by atoms with Crippen molar-refractivity contribution in [3.8, 4) is 0 Å². The van der Waals surface area contributed by atoms with Gasteiger partial charge in [-0.25, -0.2) is 9.37 Å². The highest BCUT2D eigenvalue weighted by atomic mass is 127. The summed E-state index contributed by atoms with van der Waals surface area (Å²) in [4.78, 5) is 8.20. The summed E-state index contributed by atoms with van der Waals surface area (Å²) < 4.78 is 51.0. The Morgan fingerprint density at radius 1 is 1.22 bits per heavy atom. The van der Waals surface area contributed by atoms with Crippen LogP contribution in [0, 0.1) is 5.82 Å². The van der Waals surface area contributed by atoms with Crippen LogP contribution < -0.4 is 10.6 Å². The minimum absolute atomic E-state index is 0. The second kappa shape index (κ2) is 11.7. The van der Waals surface area contributed by atoms with Crippen LogP contribution in [-0.2, 0) is 12.6 Å². The summed E-state index contributed by atoms with van der Waals surface area (Å²) in [6.07, 6.45) is -4.04. The van der Waals surface area contributed by atoms with Crippen LogP contribution in [0.25, 0.3) is 0 Å². The Labute approximate surface area is 180 Å². The Bertz CT molecular complexity index is 737. The lowest BCUT2D eigenvalue weighted by Crippen LogP contribution is -2.39. The lowest BCUT2D eigenvalue weighted by Gasteiger charge is -2.11. The molecular formula is C16H19F4IN4S2. The summed E-state index contributed by atoms with van der Waals surface area (Å²) in [5.41, 5.74) is -0.856. The van der Waals surface area contributed by atoms with Gasteiger partial charge in [-0.1, -0.05) is 12.1 Å². The Kier molecular flexibility index (Phi) is 10.4. The van der Waals surface area contributed by atoms with Crippen LogP contribution in [0.4, 0.5) is 17.6 Å². The molecule has 2 aromatic rings. The van der Waals surface area contributed by atoms with Crippen LogP contribution in [0.3, 0.4) is 0 Å². The van der Waals surface area contributed by atoms with Crippen molar-refractivity contribution in [3.63, 3.8) is 0 Å². The number of thioether (sulfide) groups is 1. The van der Waals surface area contributed by atoms with Gasteiger partial charge in [0.2, 0.25) is 0 Å². The van der Waals surface area contributed by atoms with Crippen molar-refractivity contribution in [2.24, 2.45) is 4.99 Å². The van der Waals surface area contributed by atoms with Gasteiger partial charge in [0.15, 0.2) is 11.7 Å². The van der Waals surface area contributed by atoms with Crippen molar-refractivity contribution < 1.29 is 17.6 Å². The fraction of sp³-hybridized carbons (Fsp3) is 0.375. The van der Waals surface area contributed by atoms with Crippen LogP contribution in [0.1, 0.15) is 10.7 Å². The van der Waals surface area contributed by atoms with Crippen LogP contribution in [0.15, 0.2) is 39.5 Å². The maximum Gasteiger partial charge on any atom is 0.434 e. The monoisotopic (exact) mass is 534 g/mol. The van der Waals surface area contributed by atoms with Gasteiger partial charge < -0.3 is 10.6 Å². The van der Waals surface area contributed by atoms with E-state index in [9.17, 15) is 17.6 Å². The van der Waals surface area contributed by atoms with E-state index >= 15 is 0 Å². The molecule has 0 saturated carbocycles. The van der Waals surface area contributed by atoms with E-state index in [1.165, 1.54) is 17.8 Å². The van der Waals surface area contributed by atoms with E-state index in [4.69, 9.17) is 0 Å². The average Bonchev–Trinajstić information content (AvgIpc) is 3.07. The van der Waals surface area contributed by atoms with Gasteiger partial charge in [0.1, 0.15) is 5.82 Å². The number of thiazole rings is 1. The molecule has 27 heavy (non-hydrogen) atoms. The first-order valence-electron chi connectivity index (χ1n) is 7.73. The van der Waals surface area contributed by atoms with E-state index in [0.29, 0.717) is 41.1 Å². The number of nitrogens with one attached hydrogen (secondary N) is 2. The van der Waals surface area contributed by atoms with Crippen molar-refractivity contribution >= 4 is 53.0 Å².